The van der Waals surface area contributed by atoms with Crippen molar-refractivity contribution in [2.75, 3.05) is 0 Å². The molecule has 1 fully saturated rings. The molecule has 39 heavy (non-hydrogen) atoms. The number of hydrogen-bond donors (Lipinski definition) is 2. The molecule has 3 rings (SSSR count). The monoisotopic (exact) mass is 569 g/mol. The first-order chi connectivity index (χ1) is 17.9. The minimum atomic E-state index is -4.62. The van der Waals surface area contributed by atoms with E-state index in [1.807, 2.05) is 5.32 Å². The summed E-state index contributed by atoms with van der Waals surface area (Å²) in [5, 5.41) is 8.59. The number of alkyl carbamates (subject to hydrolysis) is 1. The number of imidazole rings is 1. The van der Waals surface area contributed by atoms with Crippen LogP contribution in [0.25, 0.3) is 5.65 Å². The van der Waals surface area contributed by atoms with Gasteiger partial charge in [-0.3, -0.25) is 4.79 Å². The lowest BCUT2D eigenvalue weighted by molar-refractivity contribution is -0.144. The van der Waals surface area contributed by atoms with Crippen molar-refractivity contribution < 1.29 is 45.1 Å². The van der Waals surface area contributed by atoms with E-state index in [0.717, 1.165) is 6.20 Å². The van der Waals surface area contributed by atoms with E-state index in [1.165, 1.54) is 16.8 Å². The number of amides is 2. The van der Waals surface area contributed by atoms with Gasteiger partial charge in [0.2, 0.25) is 11.8 Å². The van der Waals surface area contributed by atoms with Crippen LogP contribution in [0.3, 0.4) is 0 Å². The predicted octanol–water partition coefficient (Wildman–Crippen LogP) is 5.89. The minimum absolute atomic E-state index is 0.0369. The second-order valence-corrected chi connectivity index (χ2v) is 10.6. The van der Waals surface area contributed by atoms with E-state index in [9.17, 15) is 40.3 Å². The lowest BCUT2D eigenvalue weighted by atomic mass is 9.81. The molecule has 0 saturated heterocycles. The van der Waals surface area contributed by atoms with Crippen molar-refractivity contribution in [3.63, 3.8) is 0 Å². The van der Waals surface area contributed by atoms with Crippen LogP contribution in [-0.4, -0.2) is 50.7 Å². The molecule has 2 N–H and O–H groups in total. The zero-order chi connectivity index (χ0) is 29.2. The molecular formula is C24H30F7N5O3. The molecule has 0 spiro atoms. The van der Waals surface area contributed by atoms with Gasteiger partial charge in [0.15, 0.2) is 5.65 Å². The van der Waals surface area contributed by atoms with E-state index < -0.39 is 67.0 Å². The zero-order valence-electron chi connectivity index (χ0n) is 21.5. The van der Waals surface area contributed by atoms with Gasteiger partial charge in [-0.05, 0) is 45.6 Å². The molecule has 1 unspecified atom stereocenters. The van der Waals surface area contributed by atoms with Crippen LogP contribution in [0.5, 0.6) is 0 Å². The number of rotatable bonds is 8. The highest BCUT2D eigenvalue weighted by Gasteiger charge is 2.40. The van der Waals surface area contributed by atoms with Crippen molar-refractivity contribution >= 4 is 17.6 Å². The number of fused-ring (bicyclic) bond motifs is 1. The molecule has 2 amide bonds. The number of carbonyl (C=O) groups excluding carboxylic acids is 2. The number of carbonyl (C=O) groups is 2. The number of alkyl halides is 7. The molecule has 0 bridgehead atoms. The molecule has 2 atom stereocenters. The lowest BCUT2D eigenvalue weighted by Crippen LogP contribution is -2.40. The topological polar surface area (TPSA) is 97.6 Å². The molecule has 0 radical (unpaired) electrons. The molecule has 2 aromatic rings. The van der Waals surface area contributed by atoms with Crippen molar-refractivity contribution in [1.29, 1.82) is 0 Å². The lowest BCUT2D eigenvalue weighted by Gasteiger charge is -2.33. The molecular weight excluding hydrogens is 539 g/mol. The number of aromatic nitrogens is 3. The maximum absolute atomic E-state index is 13.8. The van der Waals surface area contributed by atoms with Gasteiger partial charge in [-0.1, -0.05) is 0 Å². The van der Waals surface area contributed by atoms with Crippen molar-refractivity contribution in [2.45, 2.75) is 95.5 Å². The zero-order valence-corrected chi connectivity index (χ0v) is 21.5. The smallest absolute Gasteiger partial charge is 0.408 e. The first-order valence-corrected chi connectivity index (χ1v) is 12.3. The quantitative estimate of drug-likeness (QED) is 0.387. The summed E-state index contributed by atoms with van der Waals surface area (Å²) in [6.45, 7) is 4.96. The minimum Gasteiger partial charge on any atom is -0.444 e. The van der Waals surface area contributed by atoms with Gasteiger partial charge in [-0.2, -0.15) is 18.3 Å². The number of nitrogens with zero attached hydrogens (tertiary/aromatic N) is 3. The van der Waals surface area contributed by atoms with Gasteiger partial charge in [0, 0.05) is 24.8 Å². The summed E-state index contributed by atoms with van der Waals surface area (Å²) in [6, 6.07) is -1.62. The summed E-state index contributed by atoms with van der Waals surface area (Å²) >= 11 is 0. The maximum Gasteiger partial charge on any atom is 0.408 e. The second kappa shape index (κ2) is 11.5. The van der Waals surface area contributed by atoms with Gasteiger partial charge in [0.1, 0.15) is 11.6 Å². The summed E-state index contributed by atoms with van der Waals surface area (Å²) in [7, 11) is 0. The first-order valence-electron chi connectivity index (χ1n) is 12.3. The Balaban J connectivity index is 1.86. The van der Waals surface area contributed by atoms with Crippen LogP contribution in [0.2, 0.25) is 0 Å². The van der Waals surface area contributed by atoms with Gasteiger partial charge in [0.25, 0.3) is 6.43 Å². The second-order valence-electron chi connectivity index (χ2n) is 10.6. The third-order valence-electron chi connectivity index (χ3n) is 6.15. The van der Waals surface area contributed by atoms with Crippen LogP contribution in [0.1, 0.15) is 82.6 Å². The molecule has 15 heteroatoms. The Morgan fingerprint density at radius 1 is 1.15 bits per heavy atom. The van der Waals surface area contributed by atoms with Gasteiger partial charge in [-0.15, -0.1) is 0 Å². The van der Waals surface area contributed by atoms with Crippen molar-refractivity contribution in [2.24, 2.45) is 5.92 Å². The highest BCUT2D eigenvalue weighted by Crippen LogP contribution is 2.41. The van der Waals surface area contributed by atoms with Gasteiger partial charge in [0.05, 0.1) is 30.6 Å². The maximum atomic E-state index is 13.8. The van der Waals surface area contributed by atoms with E-state index >= 15 is 0 Å². The average molecular weight is 570 g/mol. The van der Waals surface area contributed by atoms with Crippen molar-refractivity contribution in [1.82, 2.24) is 25.2 Å². The van der Waals surface area contributed by atoms with Crippen LogP contribution >= 0.6 is 0 Å². The van der Waals surface area contributed by atoms with Gasteiger partial charge < -0.3 is 15.4 Å². The molecule has 1 aliphatic rings. The Hall–Kier alpha value is -3.13. The molecule has 0 aliphatic heterocycles. The fraction of sp³-hybridized carbons (Fsp3) is 0.667. The molecule has 8 nitrogen and oxygen atoms in total. The standard InChI is InChI=1S/C24H30F7N5O3/c1-22(2,3)39-21(38)35-18(13-4-7-23(27,28)8-5-13)15-12-36-16(33-15)10-14(11-32-36)19(20(25)26)34-17(37)6-9-24(29,30)31/h10-13,18-20H,4-9H2,1-3H3,(H,34,37)(H,35,38)/t18-,19?/m0/s1. The van der Waals surface area contributed by atoms with E-state index in [1.54, 1.807) is 20.8 Å². The summed E-state index contributed by atoms with van der Waals surface area (Å²) in [6.07, 6.45) is -9.25. The summed E-state index contributed by atoms with van der Waals surface area (Å²) < 4.78 is 98.7. The Morgan fingerprint density at radius 3 is 2.36 bits per heavy atom. The Morgan fingerprint density at radius 2 is 1.79 bits per heavy atom. The molecule has 1 saturated carbocycles. The fourth-order valence-electron chi connectivity index (χ4n) is 4.29. The van der Waals surface area contributed by atoms with E-state index in [2.05, 4.69) is 15.4 Å². The van der Waals surface area contributed by atoms with Gasteiger partial charge >= 0.3 is 12.3 Å². The van der Waals surface area contributed by atoms with Crippen molar-refractivity contribution in [3.05, 3.63) is 29.7 Å². The van der Waals surface area contributed by atoms with Crippen LogP contribution < -0.4 is 10.6 Å². The first kappa shape index (κ1) is 30.4. The Labute approximate surface area is 219 Å². The molecule has 2 aromatic heterocycles. The van der Waals surface area contributed by atoms with Crippen molar-refractivity contribution in [3.8, 4) is 0 Å². The highest BCUT2D eigenvalue weighted by molar-refractivity contribution is 5.76. The predicted molar refractivity (Wildman–Crippen MR) is 124 cm³/mol. The SMILES string of the molecule is CC(C)(C)OC(=O)N[C@H](c1cn2ncc(C(NC(=O)CCC(F)(F)F)C(F)F)cc2n1)C1CCC(F)(F)CC1. The number of halogens is 7. The fourth-order valence-corrected chi connectivity index (χ4v) is 4.29. The normalized spacial score (nSPS) is 18.1. The number of ether oxygens (including phenoxy) is 1. The van der Waals surface area contributed by atoms with Crippen LogP contribution in [0.4, 0.5) is 35.5 Å². The molecule has 0 aromatic carbocycles. The Bertz CT molecular complexity index is 1150. The Kier molecular flexibility index (Phi) is 9.00. The molecule has 218 valence electrons. The average Bonchev–Trinajstić information content (AvgIpc) is 3.21. The number of hydrogen-bond acceptors (Lipinski definition) is 5. The van der Waals surface area contributed by atoms with E-state index in [-0.39, 0.29) is 42.6 Å². The largest absolute Gasteiger partial charge is 0.444 e. The summed E-state index contributed by atoms with van der Waals surface area (Å²) in [5.41, 5.74) is -0.777. The third-order valence-corrected chi connectivity index (χ3v) is 6.15. The summed E-state index contributed by atoms with van der Waals surface area (Å²) in [5.74, 6) is -4.46. The van der Waals surface area contributed by atoms with Crippen LogP contribution in [-0.2, 0) is 9.53 Å². The summed E-state index contributed by atoms with van der Waals surface area (Å²) in [4.78, 5) is 28.8. The third kappa shape index (κ3) is 8.95. The van der Waals surface area contributed by atoms with Crippen LogP contribution in [0.15, 0.2) is 18.5 Å². The van der Waals surface area contributed by atoms with Crippen LogP contribution in [0, 0.1) is 5.92 Å². The molecule has 1 aliphatic carbocycles. The van der Waals surface area contributed by atoms with Gasteiger partial charge in [-0.25, -0.2) is 31.9 Å². The highest BCUT2D eigenvalue weighted by atomic mass is 19.4. The number of nitrogens with one attached hydrogen (secondary N) is 2. The van der Waals surface area contributed by atoms with E-state index in [4.69, 9.17) is 4.74 Å². The van der Waals surface area contributed by atoms with E-state index in [0.29, 0.717) is 0 Å². The molecule has 2 heterocycles.